The Labute approximate surface area is 220 Å². The van der Waals surface area contributed by atoms with Crippen LogP contribution in [0.25, 0.3) is 0 Å². The summed E-state index contributed by atoms with van der Waals surface area (Å²) in [4.78, 5) is 34.0. The Balaban J connectivity index is 0.000000635. The van der Waals surface area contributed by atoms with Gasteiger partial charge in [0.1, 0.15) is 25.0 Å². The Morgan fingerprint density at radius 3 is 1.81 bits per heavy atom. The number of carboxylic acid groups (broad SMARTS) is 1. The lowest BCUT2D eigenvalue weighted by molar-refractivity contribution is -0.255. The summed E-state index contributed by atoms with van der Waals surface area (Å²) < 4.78 is 10.2. The van der Waals surface area contributed by atoms with E-state index < -0.39 is 25.3 Å². The fourth-order valence-electron chi connectivity index (χ4n) is 3.96. The van der Waals surface area contributed by atoms with Crippen LogP contribution in [0.1, 0.15) is 55.7 Å². The summed E-state index contributed by atoms with van der Waals surface area (Å²) in [5.74, 6) is -2.03. The third-order valence-electron chi connectivity index (χ3n) is 6.30. The number of ether oxygens (including phenoxy) is 2. The maximum absolute atomic E-state index is 12.5. The van der Waals surface area contributed by atoms with Crippen molar-refractivity contribution in [2.24, 2.45) is 0 Å². The van der Waals surface area contributed by atoms with Crippen LogP contribution in [0.2, 0.25) is 0 Å². The van der Waals surface area contributed by atoms with Crippen molar-refractivity contribution in [2.45, 2.75) is 45.9 Å². The van der Waals surface area contributed by atoms with Gasteiger partial charge in [-0.05, 0) is 38.8 Å². The Hall–Kier alpha value is -3.02. The molecule has 0 aliphatic carbocycles. The molecule has 0 saturated heterocycles. The molecular weight excluding hydrogens is 491 g/mol. The quantitative estimate of drug-likeness (QED) is 0.234. The van der Waals surface area contributed by atoms with Crippen LogP contribution in [-0.2, 0) is 19.1 Å². The molecule has 0 aliphatic rings. The van der Waals surface area contributed by atoms with Crippen molar-refractivity contribution in [2.75, 3.05) is 31.7 Å². The van der Waals surface area contributed by atoms with Gasteiger partial charge in [0, 0.05) is 12.8 Å². The molecule has 0 amide bonds. The zero-order chi connectivity index (χ0) is 27.8. The normalized spacial score (nSPS) is 12.4. The molecule has 202 valence electrons. The van der Waals surface area contributed by atoms with Gasteiger partial charge in [-0.1, -0.05) is 67.2 Å². The molecule has 2 atom stereocenters. The summed E-state index contributed by atoms with van der Waals surface area (Å²) >= 11 is 0. The maximum atomic E-state index is 12.5. The molecule has 0 bridgehead atoms. The van der Waals surface area contributed by atoms with Gasteiger partial charge in [-0.15, -0.1) is 0 Å². The molecule has 7 nitrogen and oxygen atoms in total. The smallest absolute Gasteiger partial charge is 0.333 e. The lowest BCUT2D eigenvalue weighted by atomic mass is 10.1. The second-order valence-corrected chi connectivity index (χ2v) is 13.6. The monoisotopic (exact) mass is 530 g/mol. The molecule has 2 unspecified atom stereocenters. The van der Waals surface area contributed by atoms with Crippen molar-refractivity contribution >= 4 is 25.2 Å². The first kappa shape index (κ1) is 32.0. The van der Waals surface area contributed by atoms with E-state index in [4.69, 9.17) is 9.47 Å². The fraction of sp³-hybridized carbons (Fsp3) is 0.414. The van der Waals surface area contributed by atoms with Gasteiger partial charge in [0.25, 0.3) is 0 Å². The number of esters is 2. The maximum Gasteiger partial charge on any atom is 0.333 e. The van der Waals surface area contributed by atoms with Gasteiger partial charge >= 0.3 is 11.9 Å². The zero-order valence-corrected chi connectivity index (χ0v) is 23.1. The summed E-state index contributed by atoms with van der Waals surface area (Å²) in [6.45, 7) is 11.2. The third kappa shape index (κ3) is 10.9. The van der Waals surface area contributed by atoms with E-state index >= 15 is 0 Å². The van der Waals surface area contributed by atoms with Gasteiger partial charge in [-0.3, -0.25) is 4.79 Å². The van der Waals surface area contributed by atoms with Crippen LogP contribution in [-0.4, -0.2) is 60.8 Å². The molecule has 0 saturated carbocycles. The largest absolute Gasteiger partial charge is 0.545 e. The second kappa shape index (κ2) is 16.7. The van der Waals surface area contributed by atoms with Crippen LogP contribution in [0.15, 0.2) is 72.8 Å². The molecular formula is C29H39O7P. The first-order chi connectivity index (χ1) is 17.6. The highest BCUT2D eigenvalue weighted by Gasteiger charge is 2.43. The number of benzene rings is 2. The first-order valence-corrected chi connectivity index (χ1v) is 14.8. The van der Waals surface area contributed by atoms with E-state index in [0.29, 0.717) is 6.42 Å². The second-order valence-electron chi connectivity index (χ2n) is 8.67. The molecule has 1 N–H and O–H groups in total. The van der Waals surface area contributed by atoms with Gasteiger partial charge in [0.15, 0.2) is 0 Å². The summed E-state index contributed by atoms with van der Waals surface area (Å²) in [5.41, 5.74) is 1.81. The number of carbonyl (C=O) groups excluding carboxylic acids is 3. The predicted octanol–water partition coefficient (Wildman–Crippen LogP) is 4.27. The highest BCUT2D eigenvalue weighted by atomic mass is 31.2. The number of carboxylic acids is 1. The average Bonchev–Trinajstić information content (AvgIpc) is 2.92. The van der Waals surface area contributed by atoms with Crippen molar-refractivity contribution in [1.82, 2.24) is 0 Å². The average molecular weight is 531 g/mol. The van der Waals surface area contributed by atoms with E-state index in [1.165, 1.54) is 24.6 Å². The minimum absolute atomic E-state index is 0.152. The summed E-state index contributed by atoms with van der Waals surface area (Å²) in [6, 6.07) is 18.2. The van der Waals surface area contributed by atoms with Crippen molar-refractivity contribution in [1.29, 1.82) is 0 Å². The molecule has 0 spiro atoms. The molecule has 2 rings (SSSR count). The molecule has 0 heterocycles. The molecule has 37 heavy (non-hydrogen) atoms. The van der Waals surface area contributed by atoms with Crippen LogP contribution >= 0.6 is 7.26 Å². The Morgan fingerprint density at radius 2 is 1.38 bits per heavy atom. The number of hydrogen-bond acceptors (Lipinski definition) is 7. The van der Waals surface area contributed by atoms with Crippen LogP contribution in [0, 0.1) is 0 Å². The Bertz CT molecular complexity index is 980. The van der Waals surface area contributed by atoms with Crippen LogP contribution < -0.4 is 5.11 Å². The number of hydrogen-bond donors (Lipinski definition) is 1. The molecule has 0 fully saturated rings. The lowest BCUT2D eigenvalue weighted by Crippen LogP contribution is -2.26. The van der Waals surface area contributed by atoms with Gasteiger partial charge < -0.3 is 24.5 Å². The predicted molar refractivity (Wildman–Crippen MR) is 146 cm³/mol. The highest BCUT2D eigenvalue weighted by Crippen LogP contribution is 2.70. The topological polar surface area (TPSA) is 113 Å². The van der Waals surface area contributed by atoms with E-state index in [1.807, 2.05) is 18.2 Å². The summed E-state index contributed by atoms with van der Waals surface area (Å²) in [5, 5.41) is 20.0. The van der Waals surface area contributed by atoms with Crippen molar-refractivity contribution in [3.63, 3.8) is 0 Å². The number of aliphatic hydroxyl groups excluding tert-OH is 1. The number of rotatable bonds is 13. The van der Waals surface area contributed by atoms with E-state index in [9.17, 15) is 24.6 Å². The van der Waals surface area contributed by atoms with E-state index in [-0.39, 0.29) is 36.0 Å². The van der Waals surface area contributed by atoms with E-state index in [2.05, 4.69) is 39.5 Å². The number of aromatic carboxylic acids is 1. The SMILES string of the molecule is C=C(C)C(=O)OCC(O)COC(=O)CC(c1ccccc1)[P+](CC)(CC)CC.O=C([O-])c1ccccc1. The van der Waals surface area contributed by atoms with Gasteiger partial charge in [-0.2, -0.15) is 0 Å². The minimum Gasteiger partial charge on any atom is -0.545 e. The van der Waals surface area contributed by atoms with Gasteiger partial charge in [0.05, 0.1) is 30.9 Å². The van der Waals surface area contributed by atoms with Crippen LogP contribution in [0.5, 0.6) is 0 Å². The molecule has 0 aliphatic heterocycles. The Kier molecular flexibility index (Phi) is 14.4. The first-order valence-electron chi connectivity index (χ1n) is 12.4. The third-order valence-corrected chi connectivity index (χ3v) is 11.9. The molecule has 0 aromatic heterocycles. The summed E-state index contributed by atoms with van der Waals surface area (Å²) in [6.07, 6.45) is 2.47. The van der Waals surface area contributed by atoms with E-state index in [0.717, 1.165) is 18.5 Å². The molecule has 2 aromatic rings. The number of carbonyl (C=O) groups is 3. The van der Waals surface area contributed by atoms with Crippen molar-refractivity contribution < 1.29 is 34.1 Å². The molecule has 8 heteroatoms. The minimum atomic E-state index is -1.35. The standard InChI is InChI=1S/C22H34O5P.C7H6O2/c1-6-28(7-2,8-3)20(18-12-10-9-11-13-18)14-21(24)26-15-19(23)16-27-22(25)17(4)5;8-7(9)6-4-2-1-3-5-6/h9-13,19-20,23H,4,6-8,14-16H2,1-3,5H3;1-5H,(H,8,9)/q+1;/p-1. The fourth-order valence-corrected chi connectivity index (χ4v) is 7.96. The van der Waals surface area contributed by atoms with Crippen LogP contribution in [0.3, 0.4) is 0 Å². The zero-order valence-electron chi connectivity index (χ0n) is 22.2. The van der Waals surface area contributed by atoms with Crippen LogP contribution in [0.4, 0.5) is 0 Å². The van der Waals surface area contributed by atoms with Gasteiger partial charge in [-0.25, -0.2) is 4.79 Å². The van der Waals surface area contributed by atoms with E-state index in [1.54, 1.807) is 18.2 Å². The molecule has 2 aromatic carbocycles. The highest BCUT2D eigenvalue weighted by molar-refractivity contribution is 7.76. The van der Waals surface area contributed by atoms with Gasteiger partial charge in [0.2, 0.25) is 0 Å². The summed E-state index contributed by atoms with van der Waals surface area (Å²) in [7, 11) is -1.35. The Morgan fingerprint density at radius 1 is 0.892 bits per heavy atom. The number of aliphatic hydroxyl groups is 1. The van der Waals surface area contributed by atoms with Crippen molar-refractivity contribution in [3.05, 3.63) is 83.9 Å². The lowest BCUT2D eigenvalue weighted by Gasteiger charge is -2.32. The van der Waals surface area contributed by atoms with Crippen molar-refractivity contribution in [3.8, 4) is 0 Å². The molecule has 0 radical (unpaired) electrons.